The number of rotatable bonds is 4. The first-order chi connectivity index (χ1) is 3.85. The van der Waals surface area contributed by atoms with Crippen LogP contribution in [-0.2, 0) is 0 Å². The maximum Gasteiger partial charge on any atom is 0.508 e. The van der Waals surface area contributed by atoms with Gasteiger partial charge in [0.1, 0.15) is 0 Å². The van der Waals surface area contributed by atoms with Crippen molar-refractivity contribution in [2.75, 3.05) is 0 Å². The Morgan fingerprint density at radius 2 is 2.50 bits per heavy atom. The van der Waals surface area contributed by atoms with E-state index in [0.717, 1.165) is 0 Å². The maximum absolute atomic E-state index is 5.71. The van der Waals surface area contributed by atoms with Crippen molar-refractivity contribution in [3.63, 3.8) is 0 Å². The lowest BCUT2D eigenvalue weighted by atomic mass is 10.2. The quantitative estimate of drug-likeness (QED) is 0.419. The summed E-state index contributed by atoms with van der Waals surface area (Å²) in [6.45, 7) is 5.88. The molecule has 0 amide bonds. The molecule has 0 heterocycles. The first-order valence-electron chi connectivity index (χ1n) is 3.03. The van der Waals surface area contributed by atoms with Crippen molar-refractivity contribution in [2.45, 2.75) is 23.8 Å². The van der Waals surface area contributed by atoms with E-state index < -0.39 is 0 Å². The van der Waals surface area contributed by atoms with Crippen LogP contribution in [0.2, 0.25) is 4.05 Å². The Morgan fingerprint density at radius 3 is 2.62 bits per heavy atom. The fourth-order valence-corrected chi connectivity index (χ4v) is 2.16. The molecular formula is C6H11ClMg. The van der Waals surface area contributed by atoms with Crippen LogP contribution in [0.15, 0.2) is 12.7 Å². The first kappa shape index (κ1) is 8.80. The zero-order valence-corrected chi connectivity index (χ0v) is 7.53. The summed E-state index contributed by atoms with van der Waals surface area (Å²) in [6.07, 6.45) is 4.46. The van der Waals surface area contributed by atoms with Gasteiger partial charge in [0.05, 0.1) is 0 Å². The minimum absolute atomic E-state index is 0.329. The molecule has 1 atom stereocenters. The molecule has 0 bridgehead atoms. The Hall–Kier alpha value is 0.796. The number of hydrogen-bond donors (Lipinski definition) is 0. The highest BCUT2D eigenvalue weighted by molar-refractivity contribution is 6.94. The molecule has 0 saturated heterocycles. The van der Waals surface area contributed by atoms with Crippen LogP contribution in [0.3, 0.4) is 0 Å². The van der Waals surface area contributed by atoms with Gasteiger partial charge in [-0.05, 0) is 0 Å². The number of hydrogen-bond acceptors (Lipinski definition) is 0. The molecule has 0 rings (SSSR count). The van der Waals surface area contributed by atoms with Crippen LogP contribution in [0, 0.1) is 0 Å². The highest BCUT2D eigenvalue weighted by atomic mass is 35.5. The van der Waals surface area contributed by atoms with Crippen molar-refractivity contribution in [1.29, 1.82) is 0 Å². The minimum atomic E-state index is -0.329. The third-order valence-electron chi connectivity index (χ3n) is 1.19. The molecule has 1 unspecified atom stereocenters. The highest BCUT2D eigenvalue weighted by Gasteiger charge is 2.03. The molecule has 0 aromatic carbocycles. The van der Waals surface area contributed by atoms with Gasteiger partial charge in [0.25, 0.3) is 0 Å². The molecule has 0 fully saturated rings. The van der Waals surface area contributed by atoms with Crippen molar-refractivity contribution in [1.82, 2.24) is 0 Å². The Balaban J connectivity index is 3.21. The summed E-state index contributed by atoms with van der Waals surface area (Å²) in [5, 5.41) is 0. The lowest BCUT2D eigenvalue weighted by molar-refractivity contribution is 0.811. The molecule has 0 aliphatic rings. The first-order valence-corrected chi connectivity index (χ1v) is 5.99. The monoisotopic (exact) mass is 142 g/mol. The standard InChI is InChI=1S/C6H11.ClH.Mg/c1-3-5-6-4-2;;/h3,5H,1,4,6H2,2H3;1H;/q;;+1/p-1. The second-order valence-electron chi connectivity index (χ2n) is 1.94. The van der Waals surface area contributed by atoms with Crippen molar-refractivity contribution < 1.29 is 0 Å². The van der Waals surface area contributed by atoms with E-state index in [9.17, 15) is 0 Å². The van der Waals surface area contributed by atoms with Gasteiger partial charge in [-0.1, -0.05) is 23.8 Å². The van der Waals surface area contributed by atoms with Gasteiger partial charge < -0.3 is 9.07 Å². The third kappa shape index (κ3) is 3.76. The molecule has 0 aromatic rings. The second kappa shape index (κ2) is 5.92. The van der Waals surface area contributed by atoms with Gasteiger partial charge >= 0.3 is 19.3 Å². The molecule has 0 radical (unpaired) electrons. The summed E-state index contributed by atoms with van der Waals surface area (Å²) in [6, 6.07) is 0. The van der Waals surface area contributed by atoms with Crippen LogP contribution in [0.25, 0.3) is 0 Å². The van der Waals surface area contributed by atoms with Crippen LogP contribution < -0.4 is 0 Å². The van der Waals surface area contributed by atoms with Crippen molar-refractivity contribution in [3.05, 3.63) is 12.7 Å². The Morgan fingerprint density at radius 1 is 1.88 bits per heavy atom. The number of allylic oxidation sites excluding steroid dienone is 1. The SMILES string of the molecule is C=C[CH](CCC)[Mg][Cl]. The van der Waals surface area contributed by atoms with Crippen LogP contribution in [0.5, 0.6) is 0 Å². The van der Waals surface area contributed by atoms with E-state index in [1.54, 1.807) is 0 Å². The average molecular weight is 143 g/mol. The van der Waals surface area contributed by atoms with Crippen LogP contribution in [0.4, 0.5) is 0 Å². The molecule has 0 nitrogen and oxygen atoms in total. The smallest absolute Gasteiger partial charge is 0.345 e. The van der Waals surface area contributed by atoms with Crippen LogP contribution in [-0.4, -0.2) is 19.3 Å². The molecular weight excluding hydrogens is 132 g/mol. The molecule has 2 heteroatoms. The Kier molecular flexibility index (Phi) is 6.51. The van der Waals surface area contributed by atoms with Gasteiger partial charge in [-0.25, -0.2) is 0 Å². The Bertz CT molecular complexity index is 63.5. The molecule has 44 valence electrons. The molecule has 0 aliphatic carbocycles. The van der Waals surface area contributed by atoms with E-state index in [1.165, 1.54) is 12.8 Å². The fraction of sp³-hybridized carbons (Fsp3) is 0.667. The summed E-state index contributed by atoms with van der Waals surface area (Å²) in [7, 11) is 5.71. The zero-order chi connectivity index (χ0) is 6.41. The van der Waals surface area contributed by atoms with Gasteiger partial charge in [0.15, 0.2) is 0 Å². The second-order valence-corrected chi connectivity index (χ2v) is 4.22. The van der Waals surface area contributed by atoms with E-state index in [0.29, 0.717) is 4.05 Å². The molecule has 8 heavy (non-hydrogen) atoms. The molecule has 0 aromatic heterocycles. The summed E-state index contributed by atoms with van der Waals surface area (Å²) in [4.78, 5) is 0. The third-order valence-corrected chi connectivity index (χ3v) is 3.52. The van der Waals surface area contributed by atoms with Crippen molar-refractivity contribution >= 4 is 28.3 Å². The molecule has 0 saturated carbocycles. The van der Waals surface area contributed by atoms with Gasteiger partial charge in [0, 0.05) is 0 Å². The lowest BCUT2D eigenvalue weighted by Gasteiger charge is -2.02. The molecule has 0 N–H and O–H groups in total. The summed E-state index contributed by atoms with van der Waals surface area (Å²) < 4.78 is 0.668. The van der Waals surface area contributed by atoms with E-state index >= 15 is 0 Å². The van der Waals surface area contributed by atoms with E-state index in [1.807, 2.05) is 6.08 Å². The summed E-state index contributed by atoms with van der Waals surface area (Å²) >= 11 is -0.329. The normalized spacial score (nSPS) is 12.2. The van der Waals surface area contributed by atoms with Gasteiger partial charge in [-0.3, -0.25) is 0 Å². The number of halogens is 1. The molecule has 0 aliphatic heterocycles. The van der Waals surface area contributed by atoms with E-state index in [4.69, 9.17) is 9.07 Å². The predicted molar refractivity (Wildman–Crippen MR) is 40.5 cm³/mol. The lowest BCUT2D eigenvalue weighted by Crippen LogP contribution is -1.91. The average Bonchev–Trinajstić information content (AvgIpc) is 1.83. The summed E-state index contributed by atoms with van der Waals surface area (Å²) in [5.41, 5.74) is 0. The fourth-order valence-electron chi connectivity index (χ4n) is 0.629. The van der Waals surface area contributed by atoms with Crippen molar-refractivity contribution in [3.8, 4) is 0 Å². The summed E-state index contributed by atoms with van der Waals surface area (Å²) in [5.74, 6) is 0. The minimum Gasteiger partial charge on any atom is -0.345 e. The maximum atomic E-state index is 5.71. The highest BCUT2D eigenvalue weighted by Crippen LogP contribution is 2.13. The predicted octanol–water partition coefficient (Wildman–Crippen LogP) is 2.62. The van der Waals surface area contributed by atoms with Crippen LogP contribution in [0.1, 0.15) is 19.8 Å². The van der Waals surface area contributed by atoms with Crippen LogP contribution >= 0.6 is 9.07 Å². The zero-order valence-electron chi connectivity index (χ0n) is 5.36. The van der Waals surface area contributed by atoms with Crippen molar-refractivity contribution in [2.24, 2.45) is 0 Å². The van der Waals surface area contributed by atoms with Gasteiger partial charge in [0.2, 0.25) is 0 Å². The largest absolute Gasteiger partial charge is 0.508 e. The van der Waals surface area contributed by atoms with Gasteiger partial charge in [-0.15, -0.1) is 12.7 Å². The molecule has 0 spiro atoms. The van der Waals surface area contributed by atoms with Gasteiger partial charge in [-0.2, -0.15) is 0 Å². The topological polar surface area (TPSA) is 0 Å². The van der Waals surface area contributed by atoms with E-state index in [-0.39, 0.29) is 19.3 Å². The Labute approximate surface area is 64.8 Å². The van der Waals surface area contributed by atoms with E-state index in [2.05, 4.69) is 13.5 Å².